The number of imide groups is 1. The van der Waals surface area contributed by atoms with E-state index in [4.69, 9.17) is 14.2 Å². The fourth-order valence-electron chi connectivity index (χ4n) is 5.68. The molecule has 0 aliphatic carbocycles. The minimum Gasteiger partial charge on any atom is -0.493 e. The second-order valence-corrected chi connectivity index (χ2v) is 10.2. The maximum absolute atomic E-state index is 13.4. The molecular weight excluding hydrogens is 568 g/mol. The van der Waals surface area contributed by atoms with E-state index in [0.29, 0.717) is 38.7 Å². The summed E-state index contributed by atoms with van der Waals surface area (Å²) in [5.74, 6) is -1.20. The van der Waals surface area contributed by atoms with E-state index in [9.17, 15) is 24.5 Å². The first-order chi connectivity index (χ1) is 21.1. The molecule has 0 spiro atoms. The van der Waals surface area contributed by atoms with E-state index < -0.39 is 28.9 Å². The first-order valence-corrected chi connectivity index (χ1v) is 13.5. The van der Waals surface area contributed by atoms with Crippen molar-refractivity contribution >= 4 is 56.4 Å². The highest BCUT2D eigenvalue weighted by Gasteiger charge is 2.36. The van der Waals surface area contributed by atoms with Crippen LogP contribution in [-0.4, -0.2) is 46.1 Å². The van der Waals surface area contributed by atoms with E-state index in [0.717, 1.165) is 0 Å². The summed E-state index contributed by atoms with van der Waals surface area (Å²) in [5.41, 5.74) is 2.47. The number of carbonyl (C=O) groups is 3. The lowest BCUT2D eigenvalue weighted by Gasteiger charge is -2.18. The first kappa shape index (κ1) is 28.2. The molecule has 12 nitrogen and oxygen atoms in total. The molecule has 6 rings (SSSR count). The van der Waals surface area contributed by atoms with Crippen LogP contribution in [0.5, 0.6) is 11.5 Å². The van der Waals surface area contributed by atoms with E-state index in [1.54, 1.807) is 65.8 Å². The minimum absolute atomic E-state index is 0.0930. The number of nitrogens with zero attached hydrogens (tertiary/aromatic N) is 3. The average Bonchev–Trinajstić information content (AvgIpc) is 3.65. The number of fused-ring (bicyclic) bond motifs is 2. The number of hydrogen-bond acceptors (Lipinski definition) is 8. The zero-order chi connectivity index (χ0) is 31.3. The fourth-order valence-corrected chi connectivity index (χ4v) is 5.68. The Kier molecular flexibility index (Phi) is 6.88. The summed E-state index contributed by atoms with van der Waals surface area (Å²) < 4.78 is 19.9. The first-order valence-electron chi connectivity index (χ1n) is 13.5. The van der Waals surface area contributed by atoms with Gasteiger partial charge in [0, 0.05) is 53.5 Å². The molecule has 3 aromatic carbocycles. The van der Waals surface area contributed by atoms with Gasteiger partial charge in [-0.1, -0.05) is 24.3 Å². The summed E-state index contributed by atoms with van der Waals surface area (Å²) in [4.78, 5) is 50.8. The Morgan fingerprint density at radius 1 is 0.886 bits per heavy atom. The van der Waals surface area contributed by atoms with E-state index in [1.165, 1.54) is 26.4 Å². The van der Waals surface area contributed by atoms with Crippen LogP contribution in [0.1, 0.15) is 34.6 Å². The summed E-state index contributed by atoms with van der Waals surface area (Å²) in [7, 11) is 4.61. The number of para-hydroxylation sites is 2. The van der Waals surface area contributed by atoms with Crippen LogP contribution in [0.2, 0.25) is 0 Å². The molecule has 5 aromatic rings. The molecule has 1 N–H and O–H groups in total. The van der Waals surface area contributed by atoms with Crippen molar-refractivity contribution in [3.8, 4) is 11.5 Å². The number of nitro benzene ring substituents is 1. The molecule has 0 saturated carbocycles. The van der Waals surface area contributed by atoms with Crippen molar-refractivity contribution in [1.82, 2.24) is 14.5 Å². The molecule has 1 aliphatic rings. The van der Waals surface area contributed by atoms with Gasteiger partial charge >= 0.3 is 5.97 Å². The molecule has 2 aromatic heterocycles. The molecule has 0 bridgehead atoms. The summed E-state index contributed by atoms with van der Waals surface area (Å²) in [5, 5.41) is 15.0. The second kappa shape index (κ2) is 10.7. The molecule has 44 heavy (non-hydrogen) atoms. The van der Waals surface area contributed by atoms with Gasteiger partial charge in [-0.2, -0.15) is 0 Å². The van der Waals surface area contributed by atoms with Gasteiger partial charge in [0.15, 0.2) is 17.7 Å². The number of esters is 1. The molecule has 2 amide bonds. The number of hydrogen-bond donors (Lipinski definition) is 1. The van der Waals surface area contributed by atoms with Crippen LogP contribution in [0, 0.1) is 10.1 Å². The third-order valence-corrected chi connectivity index (χ3v) is 7.69. The zero-order valence-corrected chi connectivity index (χ0v) is 24.1. The standard InChI is InChI=1S/C32H26N4O8/c1-17(44-32(39)21-9-7-11-26(42-3)29(21)43-4)35-16-23(19-8-5-6-10-24(19)35)28-27(30(37)33-31(28)38)22-15-34(2)25-14-18(36(40)41)12-13-20(22)25/h5-17H,1-4H3,(H,33,37,38). The van der Waals surface area contributed by atoms with Crippen LogP contribution in [0.25, 0.3) is 33.0 Å². The number of non-ortho nitro benzene ring substituents is 1. The Labute approximate surface area is 250 Å². The highest BCUT2D eigenvalue weighted by atomic mass is 16.6. The molecule has 0 radical (unpaired) electrons. The number of methoxy groups -OCH3 is 2. The van der Waals surface area contributed by atoms with Gasteiger partial charge in [0.25, 0.3) is 17.5 Å². The number of benzene rings is 3. The Morgan fingerprint density at radius 3 is 2.25 bits per heavy atom. The number of amides is 2. The van der Waals surface area contributed by atoms with Gasteiger partial charge < -0.3 is 23.3 Å². The van der Waals surface area contributed by atoms with Crippen LogP contribution < -0.4 is 14.8 Å². The van der Waals surface area contributed by atoms with Gasteiger partial charge in [-0.15, -0.1) is 0 Å². The lowest BCUT2D eigenvalue weighted by molar-refractivity contribution is -0.384. The number of rotatable bonds is 8. The van der Waals surface area contributed by atoms with Gasteiger partial charge in [0.05, 0.1) is 41.3 Å². The van der Waals surface area contributed by atoms with Crippen molar-refractivity contribution in [1.29, 1.82) is 0 Å². The topological polar surface area (TPSA) is 144 Å². The fraction of sp³-hybridized carbons (Fsp3) is 0.156. The van der Waals surface area contributed by atoms with Crippen LogP contribution in [0.3, 0.4) is 0 Å². The van der Waals surface area contributed by atoms with Crippen molar-refractivity contribution in [2.24, 2.45) is 7.05 Å². The van der Waals surface area contributed by atoms with E-state index in [1.807, 2.05) is 18.2 Å². The number of carbonyl (C=O) groups excluding carboxylic acids is 3. The number of nitro groups is 1. The zero-order valence-electron chi connectivity index (χ0n) is 24.1. The predicted octanol–water partition coefficient (Wildman–Crippen LogP) is 5.00. The SMILES string of the molecule is COc1cccc(C(=O)OC(C)n2cc(C3=C(c4cn(C)c5cc([N+](=O)[O-])ccc45)C(=O)NC3=O)c3ccccc32)c1OC. The van der Waals surface area contributed by atoms with Crippen LogP contribution in [-0.2, 0) is 21.4 Å². The van der Waals surface area contributed by atoms with E-state index in [-0.39, 0.29) is 28.1 Å². The molecular formula is C32H26N4O8. The van der Waals surface area contributed by atoms with E-state index in [2.05, 4.69) is 5.32 Å². The number of ether oxygens (including phenoxy) is 3. The summed E-state index contributed by atoms with van der Waals surface area (Å²) in [6.07, 6.45) is 2.52. The highest BCUT2D eigenvalue weighted by Crippen LogP contribution is 2.40. The Balaban J connectivity index is 1.47. The smallest absolute Gasteiger partial charge is 0.343 e. The lowest BCUT2D eigenvalue weighted by Crippen LogP contribution is -2.22. The monoisotopic (exact) mass is 594 g/mol. The number of nitrogens with one attached hydrogen (secondary N) is 1. The van der Waals surface area contributed by atoms with Crippen molar-refractivity contribution in [3.05, 3.63) is 99.9 Å². The molecule has 3 heterocycles. The highest BCUT2D eigenvalue weighted by molar-refractivity contribution is 6.50. The third kappa shape index (κ3) is 4.44. The summed E-state index contributed by atoms with van der Waals surface area (Å²) in [6.45, 7) is 1.69. The molecule has 0 saturated heterocycles. The maximum atomic E-state index is 13.4. The molecule has 1 unspecified atom stereocenters. The number of aromatic nitrogens is 2. The van der Waals surface area contributed by atoms with Gasteiger partial charge in [-0.3, -0.25) is 25.0 Å². The molecule has 1 aliphatic heterocycles. The van der Waals surface area contributed by atoms with Gasteiger partial charge in [0.1, 0.15) is 5.56 Å². The van der Waals surface area contributed by atoms with Gasteiger partial charge in [-0.05, 0) is 31.2 Å². The lowest BCUT2D eigenvalue weighted by atomic mass is 9.95. The van der Waals surface area contributed by atoms with Crippen LogP contribution >= 0.6 is 0 Å². The van der Waals surface area contributed by atoms with Crippen LogP contribution in [0.4, 0.5) is 5.69 Å². The molecule has 12 heteroatoms. The van der Waals surface area contributed by atoms with Gasteiger partial charge in [0.2, 0.25) is 0 Å². The van der Waals surface area contributed by atoms with Crippen molar-refractivity contribution < 1.29 is 33.5 Å². The van der Waals surface area contributed by atoms with Crippen molar-refractivity contribution in [2.75, 3.05) is 14.2 Å². The molecule has 0 fully saturated rings. The number of aryl methyl sites for hydroxylation is 1. The normalized spacial score (nSPS) is 13.8. The average molecular weight is 595 g/mol. The molecule has 1 atom stereocenters. The minimum atomic E-state index is -0.834. The largest absolute Gasteiger partial charge is 0.493 e. The Hall–Kier alpha value is -5.91. The maximum Gasteiger partial charge on any atom is 0.343 e. The van der Waals surface area contributed by atoms with Gasteiger partial charge in [-0.25, -0.2) is 4.79 Å². The third-order valence-electron chi connectivity index (χ3n) is 7.69. The quantitative estimate of drug-likeness (QED) is 0.114. The van der Waals surface area contributed by atoms with E-state index >= 15 is 0 Å². The summed E-state index contributed by atoms with van der Waals surface area (Å²) in [6, 6.07) is 16.5. The predicted molar refractivity (Wildman–Crippen MR) is 161 cm³/mol. The summed E-state index contributed by atoms with van der Waals surface area (Å²) >= 11 is 0. The van der Waals surface area contributed by atoms with Crippen molar-refractivity contribution in [3.63, 3.8) is 0 Å². The molecule has 222 valence electrons. The van der Waals surface area contributed by atoms with Crippen molar-refractivity contribution in [2.45, 2.75) is 13.2 Å². The second-order valence-electron chi connectivity index (χ2n) is 10.2. The van der Waals surface area contributed by atoms with Crippen LogP contribution in [0.15, 0.2) is 73.1 Å². The Bertz CT molecular complexity index is 2070. The Morgan fingerprint density at radius 2 is 1.57 bits per heavy atom.